The number of nitrogens with zero attached hydrogens (tertiary/aromatic N) is 2. The van der Waals surface area contributed by atoms with Gasteiger partial charge in [0.1, 0.15) is 11.5 Å². The highest BCUT2D eigenvalue weighted by Gasteiger charge is 2.29. The molecule has 0 atom stereocenters. The van der Waals surface area contributed by atoms with Gasteiger partial charge in [0.25, 0.3) is 5.91 Å². The number of hydrogen-bond acceptors (Lipinski definition) is 6. The quantitative estimate of drug-likeness (QED) is 0.476. The van der Waals surface area contributed by atoms with E-state index in [2.05, 4.69) is 5.10 Å². The molecule has 0 unspecified atom stereocenters. The SMILES string of the molecule is CC1=NN(c2ccc(C(N)=O)cc2)C(=O)/C1=C/c1ccc(-c2cc(C(=O)O)cc(C(=O)O)c2)o1. The highest BCUT2D eigenvalue weighted by molar-refractivity contribution is 6.32. The lowest BCUT2D eigenvalue weighted by Gasteiger charge is -2.11. The van der Waals surface area contributed by atoms with Gasteiger partial charge in [0.2, 0.25) is 5.91 Å². The summed E-state index contributed by atoms with van der Waals surface area (Å²) in [6.07, 6.45) is 1.49. The predicted molar refractivity (Wildman–Crippen MR) is 122 cm³/mol. The zero-order valence-electron chi connectivity index (χ0n) is 17.7. The molecule has 0 radical (unpaired) electrons. The van der Waals surface area contributed by atoms with E-state index in [1.54, 1.807) is 31.2 Å². The van der Waals surface area contributed by atoms with E-state index in [1.165, 1.54) is 35.4 Å². The fraction of sp³-hybridized carbons (Fsp3) is 0.0417. The second kappa shape index (κ2) is 8.51. The number of hydrogen-bond donors (Lipinski definition) is 3. The van der Waals surface area contributed by atoms with Gasteiger partial charge in [-0.15, -0.1) is 0 Å². The zero-order chi connectivity index (χ0) is 24.6. The fourth-order valence-electron chi connectivity index (χ4n) is 3.37. The molecule has 2 amide bonds. The van der Waals surface area contributed by atoms with Gasteiger partial charge in [-0.05, 0) is 67.6 Å². The minimum absolute atomic E-state index is 0.196. The van der Waals surface area contributed by atoms with E-state index in [4.69, 9.17) is 10.2 Å². The molecule has 10 nitrogen and oxygen atoms in total. The Labute approximate surface area is 192 Å². The van der Waals surface area contributed by atoms with Gasteiger partial charge in [-0.1, -0.05) is 0 Å². The highest BCUT2D eigenvalue weighted by Crippen LogP contribution is 2.29. The number of nitrogens with two attached hydrogens (primary N) is 1. The zero-order valence-corrected chi connectivity index (χ0v) is 17.7. The summed E-state index contributed by atoms with van der Waals surface area (Å²) in [7, 11) is 0. The van der Waals surface area contributed by atoms with Crippen LogP contribution in [-0.2, 0) is 4.79 Å². The number of carboxylic acid groups (broad SMARTS) is 2. The number of carbonyl (C=O) groups excluding carboxylic acids is 2. The monoisotopic (exact) mass is 459 g/mol. The van der Waals surface area contributed by atoms with Gasteiger partial charge in [-0.25, -0.2) is 9.59 Å². The minimum atomic E-state index is -1.27. The van der Waals surface area contributed by atoms with Crippen molar-refractivity contribution in [3.05, 3.63) is 82.6 Å². The Balaban J connectivity index is 1.63. The van der Waals surface area contributed by atoms with Gasteiger partial charge < -0.3 is 20.4 Å². The van der Waals surface area contributed by atoms with Crippen molar-refractivity contribution in [2.75, 3.05) is 5.01 Å². The van der Waals surface area contributed by atoms with Crippen LogP contribution in [0.3, 0.4) is 0 Å². The molecule has 4 rings (SSSR count). The average molecular weight is 459 g/mol. The number of rotatable bonds is 6. The van der Waals surface area contributed by atoms with Crippen LogP contribution in [0.1, 0.15) is 43.8 Å². The molecule has 1 aliphatic rings. The van der Waals surface area contributed by atoms with E-state index in [0.717, 1.165) is 6.07 Å². The van der Waals surface area contributed by atoms with Crippen LogP contribution in [-0.4, -0.2) is 39.7 Å². The number of amides is 2. The Hall–Kier alpha value is -4.99. The maximum Gasteiger partial charge on any atom is 0.335 e. The van der Waals surface area contributed by atoms with Gasteiger partial charge in [-0.3, -0.25) is 9.59 Å². The number of carboxylic acids is 2. The molecule has 1 aromatic heterocycles. The lowest BCUT2D eigenvalue weighted by atomic mass is 10.0. The summed E-state index contributed by atoms with van der Waals surface area (Å²) in [5.74, 6) is -3.02. The van der Waals surface area contributed by atoms with E-state index in [9.17, 15) is 29.4 Å². The van der Waals surface area contributed by atoms with Gasteiger partial charge in [-0.2, -0.15) is 10.1 Å². The summed E-state index contributed by atoms with van der Waals surface area (Å²) in [5, 5.41) is 24.0. The van der Waals surface area contributed by atoms with Crippen LogP contribution in [0, 0.1) is 0 Å². The third-order valence-corrected chi connectivity index (χ3v) is 5.08. The Bertz CT molecular complexity index is 1380. The van der Waals surface area contributed by atoms with Crippen LogP contribution in [0.4, 0.5) is 5.69 Å². The van der Waals surface area contributed by atoms with Crippen molar-refractivity contribution >= 4 is 41.2 Å². The number of primary amides is 1. The second-order valence-corrected chi connectivity index (χ2v) is 7.38. The van der Waals surface area contributed by atoms with E-state index in [-0.39, 0.29) is 33.8 Å². The van der Waals surface area contributed by atoms with Crippen LogP contribution in [0.2, 0.25) is 0 Å². The van der Waals surface area contributed by atoms with Gasteiger partial charge >= 0.3 is 11.9 Å². The van der Waals surface area contributed by atoms with E-state index in [1.807, 2.05) is 0 Å². The van der Waals surface area contributed by atoms with E-state index in [0.29, 0.717) is 17.0 Å². The van der Waals surface area contributed by atoms with Crippen molar-refractivity contribution < 1.29 is 33.8 Å². The lowest BCUT2D eigenvalue weighted by molar-refractivity contribution is -0.114. The minimum Gasteiger partial charge on any atom is -0.478 e. The Kier molecular flexibility index (Phi) is 5.56. The van der Waals surface area contributed by atoms with Crippen molar-refractivity contribution in [3.8, 4) is 11.3 Å². The average Bonchev–Trinajstić information content (AvgIpc) is 3.39. The number of furan rings is 1. The third kappa shape index (κ3) is 4.19. The molecule has 0 saturated heterocycles. The summed E-state index contributed by atoms with van der Waals surface area (Å²) in [6, 6.07) is 12.9. The largest absolute Gasteiger partial charge is 0.478 e. The molecular formula is C24H17N3O7. The van der Waals surface area contributed by atoms with Crippen LogP contribution in [0.5, 0.6) is 0 Å². The van der Waals surface area contributed by atoms with E-state index >= 15 is 0 Å². The molecule has 2 aromatic carbocycles. The smallest absolute Gasteiger partial charge is 0.335 e. The van der Waals surface area contributed by atoms with Crippen LogP contribution in [0.25, 0.3) is 17.4 Å². The van der Waals surface area contributed by atoms with Crippen molar-refractivity contribution in [2.24, 2.45) is 10.8 Å². The molecule has 1 aliphatic heterocycles. The molecule has 170 valence electrons. The fourth-order valence-corrected chi connectivity index (χ4v) is 3.37. The van der Waals surface area contributed by atoms with Crippen LogP contribution >= 0.6 is 0 Å². The highest BCUT2D eigenvalue weighted by atomic mass is 16.4. The molecule has 2 heterocycles. The van der Waals surface area contributed by atoms with Crippen molar-refractivity contribution in [3.63, 3.8) is 0 Å². The predicted octanol–water partition coefficient (Wildman–Crippen LogP) is 3.25. The maximum absolute atomic E-state index is 12.9. The summed E-state index contributed by atoms with van der Waals surface area (Å²) in [5.41, 5.74) is 6.56. The Morgan fingerprint density at radius 1 is 0.941 bits per heavy atom. The Morgan fingerprint density at radius 2 is 1.56 bits per heavy atom. The number of anilines is 1. The first-order valence-electron chi connectivity index (χ1n) is 9.87. The van der Waals surface area contributed by atoms with Crippen LogP contribution in [0.15, 0.2) is 69.7 Å². The number of benzene rings is 2. The normalized spacial score (nSPS) is 14.4. The summed E-state index contributed by atoms with van der Waals surface area (Å²) >= 11 is 0. The topological polar surface area (TPSA) is 164 Å². The second-order valence-electron chi connectivity index (χ2n) is 7.38. The third-order valence-electron chi connectivity index (χ3n) is 5.08. The number of hydrazone groups is 1. The van der Waals surface area contributed by atoms with Crippen molar-refractivity contribution in [2.45, 2.75) is 6.92 Å². The molecule has 0 bridgehead atoms. The van der Waals surface area contributed by atoms with Crippen LogP contribution < -0.4 is 10.7 Å². The van der Waals surface area contributed by atoms with Gasteiger partial charge in [0, 0.05) is 11.1 Å². The van der Waals surface area contributed by atoms with Gasteiger partial charge in [0.15, 0.2) is 0 Å². The standard InChI is InChI=1S/C24H17N3O7/c1-12-19(22(29)27(26-12)17-4-2-13(3-5-17)21(25)28)11-18-6-7-20(34-18)14-8-15(23(30)31)10-16(9-14)24(32)33/h2-11H,1H3,(H2,25,28)(H,30,31)(H,32,33)/b19-11+. The molecule has 34 heavy (non-hydrogen) atoms. The molecule has 4 N–H and O–H groups in total. The van der Waals surface area contributed by atoms with E-state index < -0.39 is 23.8 Å². The maximum atomic E-state index is 12.9. The van der Waals surface area contributed by atoms with Crippen molar-refractivity contribution in [1.29, 1.82) is 0 Å². The first-order chi connectivity index (χ1) is 16.1. The molecule has 0 aliphatic carbocycles. The molecular weight excluding hydrogens is 442 g/mol. The van der Waals surface area contributed by atoms with Gasteiger partial charge in [0.05, 0.1) is 28.1 Å². The number of carbonyl (C=O) groups is 4. The van der Waals surface area contributed by atoms with Crippen molar-refractivity contribution in [1.82, 2.24) is 0 Å². The lowest BCUT2D eigenvalue weighted by Crippen LogP contribution is -2.21. The Morgan fingerprint density at radius 3 is 2.12 bits per heavy atom. The first-order valence-corrected chi connectivity index (χ1v) is 9.87. The summed E-state index contributed by atoms with van der Waals surface area (Å²) in [6.45, 7) is 1.65. The molecule has 0 fully saturated rings. The molecule has 0 saturated carbocycles. The molecule has 10 heteroatoms. The summed E-state index contributed by atoms with van der Waals surface area (Å²) < 4.78 is 5.74. The molecule has 3 aromatic rings. The first kappa shape index (κ1) is 22.2. The molecule has 0 spiro atoms. The summed E-state index contributed by atoms with van der Waals surface area (Å²) in [4.78, 5) is 46.9. The number of aromatic carboxylic acids is 2.